The smallest absolute Gasteiger partial charge is 0.246 e. The van der Waals surface area contributed by atoms with Crippen molar-refractivity contribution in [3.8, 4) is 5.75 Å². The summed E-state index contributed by atoms with van der Waals surface area (Å²) in [5.41, 5.74) is 2.99. The number of benzene rings is 2. The van der Waals surface area contributed by atoms with Crippen LogP contribution in [0.25, 0.3) is 6.08 Å². The lowest BCUT2D eigenvalue weighted by atomic mass is 10.1. The van der Waals surface area contributed by atoms with Crippen LogP contribution in [0.15, 0.2) is 49.0 Å². The van der Waals surface area contributed by atoms with E-state index in [2.05, 4.69) is 17.2 Å². The quantitative estimate of drug-likeness (QED) is 0.534. The SMILES string of the molecule is C=Cc1cc(NC(=O)[C@H](C)N(CCC)C(C)=O)ccc1OCc1ccc(NC=O)cc1. The standard InChI is InChI=1S/C24H29N3O4/c1-5-13-27(18(4)29)17(3)24(30)26-22-11-12-23(20(6-2)14-22)31-15-19-7-9-21(10-8-19)25-16-28/h6-12,14,16-17H,2,5,13,15H2,1,3-4H3,(H,25,28)(H,26,30)/t17-/m0/s1. The van der Waals surface area contributed by atoms with E-state index >= 15 is 0 Å². The average molecular weight is 424 g/mol. The highest BCUT2D eigenvalue weighted by atomic mass is 16.5. The van der Waals surface area contributed by atoms with Gasteiger partial charge in [-0.25, -0.2) is 0 Å². The highest BCUT2D eigenvalue weighted by Gasteiger charge is 2.23. The Balaban J connectivity index is 2.05. The summed E-state index contributed by atoms with van der Waals surface area (Å²) in [6.45, 7) is 9.84. The van der Waals surface area contributed by atoms with Crippen LogP contribution in [-0.4, -0.2) is 35.7 Å². The molecule has 31 heavy (non-hydrogen) atoms. The molecule has 0 aliphatic rings. The van der Waals surface area contributed by atoms with E-state index in [0.29, 0.717) is 36.7 Å². The van der Waals surface area contributed by atoms with Crippen LogP contribution in [0.3, 0.4) is 0 Å². The van der Waals surface area contributed by atoms with Crippen LogP contribution in [0.4, 0.5) is 11.4 Å². The number of anilines is 2. The molecular formula is C24H29N3O4. The first kappa shape index (κ1) is 23.7. The maximum Gasteiger partial charge on any atom is 0.246 e. The lowest BCUT2D eigenvalue weighted by molar-refractivity contribution is -0.136. The van der Waals surface area contributed by atoms with Gasteiger partial charge in [-0.1, -0.05) is 31.7 Å². The van der Waals surface area contributed by atoms with Gasteiger partial charge in [-0.05, 0) is 49.2 Å². The van der Waals surface area contributed by atoms with Crippen LogP contribution in [0.5, 0.6) is 5.75 Å². The van der Waals surface area contributed by atoms with Crippen molar-refractivity contribution < 1.29 is 19.1 Å². The van der Waals surface area contributed by atoms with Crippen LogP contribution in [0.1, 0.15) is 38.3 Å². The monoisotopic (exact) mass is 423 g/mol. The van der Waals surface area contributed by atoms with Gasteiger partial charge in [0.1, 0.15) is 18.4 Å². The minimum atomic E-state index is -0.572. The van der Waals surface area contributed by atoms with Crippen LogP contribution in [0.2, 0.25) is 0 Å². The number of hydrogen-bond donors (Lipinski definition) is 2. The number of carbonyl (C=O) groups is 3. The normalized spacial score (nSPS) is 11.2. The molecule has 0 saturated heterocycles. The number of nitrogens with zero attached hydrogens (tertiary/aromatic N) is 1. The van der Waals surface area contributed by atoms with Gasteiger partial charge in [0.15, 0.2) is 0 Å². The van der Waals surface area contributed by atoms with Crippen LogP contribution in [-0.2, 0) is 21.0 Å². The maximum atomic E-state index is 12.6. The predicted octanol–water partition coefficient (Wildman–Crippen LogP) is 4.06. The molecule has 0 unspecified atom stereocenters. The highest BCUT2D eigenvalue weighted by molar-refractivity contribution is 5.97. The molecule has 2 rings (SSSR count). The van der Waals surface area contributed by atoms with Gasteiger partial charge in [-0.2, -0.15) is 0 Å². The molecule has 2 aromatic rings. The first-order chi connectivity index (χ1) is 14.9. The number of rotatable bonds is 11. The van der Waals surface area contributed by atoms with Gasteiger partial charge < -0.3 is 20.3 Å². The van der Waals surface area contributed by atoms with E-state index in [0.717, 1.165) is 17.5 Å². The summed E-state index contributed by atoms with van der Waals surface area (Å²) in [7, 11) is 0. The maximum absolute atomic E-state index is 12.6. The Kier molecular flexibility index (Phi) is 8.81. The topological polar surface area (TPSA) is 87.7 Å². The molecule has 2 N–H and O–H groups in total. The summed E-state index contributed by atoms with van der Waals surface area (Å²) >= 11 is 0. The summed E-state index contributed by atoms with van der Waals surface area (Å²) in [4.78, 5) is 36.5. The van der Waals surface area contributed by atoms with E-state index in [1.54, 1.807) is 48.2 Å². The summed E-state index contributed by atoms with van der Waals surface area (Å²) < 4.78 is 5.90. The Morgan fingerprint density at radius 2 is 1.84 bits per heavy atom. The molecule has 0 spiro atoms. The zero-order valence-electron chi connectivity index (χ0n) is 18.2. The number of ether oxygens (including phenoxy) is 1. The summed E-state index contributed by atoms with van der Waals surface area (Å²) in [5, 5.41) is 5.44. The van der Waals surface area contributed by atoms with Gasteiger partial charge in [-0.3, -0.25) is 14.4 Å². The molecule has 7 heteroatoms. The zero-order chi connectivity index (χ0) is 22.8. The lowest BCUT2D eigenvalue weighted by Crippen LogP contribution is -2.45. The van der Waals surface area contributed by atoms with Gasteiger partial charge in [0.25, 0.3) is 0 Å². The molecule has 0 radical (unpaired) electrons. The van der Waals surface area contributed by atoms with Gasteiger partial charge >= 0.3 is 0 Å². The van der Waals surface area contributed by atoms with Crippen LogP contribution in [0, 0.1) is 0 Å². The third-order valence-corrected chi connectivity index (χ3v) is 4.79. The van der Waals surface area contributed by atoms with E-state index in [1.807, 2.05) is 19.1 Å². The van der Waals surface area contributed by atoms with E-state index in [4.69, 9.17) is 4.74 Å². The van der Waals surface area contributed by atoms with Gasteiger partial charge in [-0.15, -0.1) is 0 Å². The third-order valence-electron chi connectivity index (χ3n) is 4.79. The van der Waals surface area contributed by atoms with E-state index in [9.17, 15) is 14.4 Å². The highest BCUT2D eigenvalue weighted by Crippen LogP contribution is 2.25. The Bertz CT molecular complexity index is 925. The summed E-state index contributed by atoms with van der Waals surface area (Å²) in [5.74, 6) is 0.249. The zero-order valence-corrected chi connectivity index (χ0v) is 18.2. The molecule has 0 saturated carbocycles. The number of amides is 3. The molecule has 164 valence electrons. The molecule has 0 aromatic heterocycles. The molecule has 0 aliphatic heterocycles. The molecule has 0 heterocycles. The number of hydrogen-bond acceptors (Lipinski definition) is 4. The van der Waals surface area contributed by atoms with Gasteiger partial charge in [0, 0.05) is 30.4 Å². The molecule has 2 aromatic carbocycles. The Morgan fingerprint density at radius 1 is 1.16 bits per heavy atom. The van der Waals surface area contributed by atoms with Crippen LogP contribution >= 0.6 is 0 Å². The molecule has 0 aliphatic carbocycles. The van der Waals surface area contributed by atoms with E-state index in [1.165, 1.54) is 6.92 Å². The van der Waals surface area contributed by atoms with Crippen molar-refractivity contribution in [3.05, 3.63) is 60.2 Å². The Hall–Kier alpha value is -3.61. The first-order valence-corrected chi connectivity index (χ1v) is 10.2. The fourth-order valence-corrected chi connectivity index (χ4v) is 3.10. The summed E-state index contributed by atoms with van der Waals surface area (Å²) in [6, 6.07) is 12.1. The van der Waals surface area contributed by atoms with Crippen molar-refractivity contribution in [2.75, 3.05) is 17.2 Å². The van der Waals surface area contributed by atoms with Gasteiger partial charge in [0.2, 0.25) is 18.2 Å². The predicted molar refractivity (Wildman–Crippen MR) is 123 cm³/mol. The van der Waals surface area contributed by atoms with Crippen molar-refractivity contribution in [1.29, 1.82) is 0 Å². The number of nitrogens with one attached hydrogen (secondary N) is 2. The van der Waals surface area contributed by atoms with Crippen molar-refractivity contribution >= 4 is 35.7 Å². The van der Waals surface area contributed by atoms with E-state index < -0.39 is 6.04 Å². The third kappa shape index (κ3) is 6.70. The fraction of sp³-hybridized carbons (Fsp3) is 0.292. The van der Waals surface area contributed by atoms with Crippen molar-refractivity contribution in [2.45, 2.75) is 39.8 Å². The molecule has 1 atom stereocenters. The second-order valence-corrected chi connectivity index (χ2v) is 7.08. The summed E-state index contributed by atoms with van der Waals surface area (Å²) in [6.07, 6.45) is 3.06. The molecule has 3 amide bonds. The lowest BCUT2D eigenvalue weighted by Gasteiger charge is -2.27. The first-order valence-electron chi connectivity index (χ1n) is 10.2. The second kappa shape index (κ2) is 11.5. The number of carbonyl (C=O) groups excluding carboxylic acids is 3. The van der Waals surface area contributed by atoms with Crippen molar-refractivity contribution in [1.82, 2.24) is 4.90 Å². The van der Waals surface area contributed by atoms with Crippen LogP contribution < -0.4 is 15.4 Å². The largest absolute Gasteiger partial charge is 0.488 e. The van der Waals surface area contributed by atoms with Crippen molar-refractivity contribution in [2.24, 2.45) is 0 Å². The molecular weight excluding hydrogens is 394 g/mol. The molecule has 7 nitrogen and oxygen atoms in total. The molecule has 0 bridgehead atoms. The van der Waals surface area contributed by atoms with Gasteiger partial charge in [0.05, 0.1) is 0 Å². The Morgan fingerprint density at radius 3 is 2.42 bits per heavy atom. The Labute approximate surface area is 183 Å². The fourth-order valence-electron chi connectivity index (χ4n) is 3.10. The minimum absolute atomic E-state index is 0.130. The van der Waals surface area contributed by atoms with E-state index in [-0.39, 0.29) is 11.8 Å². The average Bonchev–Trinajstić information content (AvgIpc) is 2.76. The minimum Gasteiger partial charge on any atom is -0.488 e. The molecule has 0 fully saturated rings. The van der Waals surface area contributed by atoms with Crippen molar-refractivity contribution in [3.63, 3.8) is 0 Å². The second-order valence-electron chi connectivity index (χ2n) is 7.08.